The van der Waals surface area contributed by atoms with E-state index in [1.165, 1.54) is 0 Å². The summed E-state index contributed by atoms with van der Waals surface area (Å²) in [5.74, 6) is -0.288. The summed E-state index contributed by atoms with van der Waals surface area (Å²) in [5, 5.41) is 7.93. The smallest absolute Gasteiger partial charge is 0.385 e. The maximum absolute atomic E-state index is 12.8. The van der Waals surface area contributed by atoms with Crippen LogP contribution in [0, 0.1) is 5.92 Å². The lowest BCUT2D eigenvalue weighted by atomic mass is 9.98. The van der Waals surface area contributed by atoms with E-state index in [4.69, 9.17) is 10.5 Å². The Balaban J connectivity index is 2.09. The van der Waals surface area contributed by atoms with E-state index in [9.17, 15) is 13.2 Å². The lowest BCUT2D eigenvalue weighted by Crippen LogP contribution is -2.33. The Hall–Kier alpha value is -1.15. The highest BCUT2D eigenvalue weighted by Crippen LogP contribution is 2.35. The zero-order valence-electron chi connectivity index (χ0n) is 11.4. The number of nitrogens with two attached hydrogens (primary N) is 1. The molecule has 2 heterocycles. The van der Waals surface area contributed by atoms with Gasteiger partial charge in [-0.15, -0.1) is 10.2 Å². The molecule has 1 aliphatic rings. The molecule has 0 aliphatic carbocycles. The van der Waals surface area contributed by atoms with Crippen molar-refractivity contribution in [3.05, 3.63) is 11.6 Å². The first-order valence-corrected chi connectivity index (χ1v) is 6.66. The van der Waals surface area contributed by atoms with Crippen LogP contribution in [-0.4, -0.2) is 34.7 Å². The molecule has 0 saturated heterocycles. The van der Waals surface area contributed by atoms with Crippen LogP contribution in [-0.2, 0) is 17.7 Å². The van der Waals surface area contributed by atoms with Crippen molar-refractivity contribution in [2.75, 3.05) is 13.7 Å². The second-order valence-electron chi connectivity index (χ2n) is 5.10. The molecule has 0 radical (unpaired) electrons. The van der Waals surface area contributed by atoms with Crippen molar-refractivity contribution in [1.29, 1.82) is 0 Å². The molecule has 5 nitrogen and oxygen atoms in total. The SMILES string of the molecule is COCCCC(N)c1nnc2n1CC(C(F)(F)F)CC2. The second kappa shape index (κ2) is 6.09. The van der Waals surface area contributed by atoms with Gasteiger partial charge in [0.2, 0.25) is 0 Å². The van der Waals surface area contributed by atoms with E-state index >= 15 is 0 Å². The monoisotopic (exact) mass is 292 g/mol. The molecule has 0 saturated carbocycles. The molecule has 2 unspecified atom stereocenters. The fourth-order valence-electron chi connectivity index (χ4n) is 2.47. The average Bonchev–Trinajstić information content (AvgIpc) is 2.80. The Morgan fingerprint density at radius 2 is 2.20 bits per heavy atom. The van der Waals surface area contributed by atoms with Crippen molar-refractivity contribution in [2.45, 2.75) is 44.4 Å². The van der Waals surface area contributed by atoms with Crippen LogP contribution in [0.5, 0.6) is 0 Å². The number of rotatable bonds is 5. The minimum absolute atomic E-state index is 0.0700. The summed E-state index contributed by atoms with van der Waals surface area (Å²) in [4.78, 5) is 0. The molecule has 1 aliphatic heterocycles. The molecule has 0 amide bonds. The maximum Gasteiger partial charge on any atom is 0.393 e. The molecular formula is C12H19F3N4O. The Morgan fingerprint density at radius 1 is 1.45 bits per heavy atom. The van der Waals surface area contributed by atoms with Gasteiger partial charge in [0.15, 0.2) is 0 Å². The molecular weight excluding hydrogens is 273 g/mol. The van der Waals surface area contributed by atoms with Gasteiger partial charge >= 0.3 is 6.18 Å². The first kappa shape index (κ1) is 15.2. The van der Waals surface area contributed by atoms with Gasteiger partial charge in [0.05, 0.1) is 12.0 Å². The summed E-state index contributed by atoms with van der Waals surface area (Å²) >= 11 is 0. The number of fused-ring (bicyclic) bond motifs is 1. The molecule has 1 aromatic rings. The van der Waals surface area contributed by atoms with Crippen molar-refractivity contribution >= 4 is 0 Å². The third-order valence-corrected chi connectivity index (χ3v) is 3.63. The van der Waals surface area contributed by atoms with Crippen molar-refractivity contribution in [1.82, 2.24) is 14.8 Å². The summed E-state index contributed by atoms with van der Waals surface area (Å²) in [6, 6.07) is -0.404. The summed E-state index contributed by atoms with van der Waals surface area (Å²) in [7, 11) is 1.60. The van der Waals surface area contributed by atoms with Gasteiger partial charge in [-0.2, -0.15) is 13.2 Å². The van der Waals surface area contributed by atoms with E-state index in [-0.39, 0.29) is 13.0 Å². The van der Waals surface area contributed by atoms with Crippen molar-refractivity contribution in [2.24, 2.45) is 11.7 Å². The highest BCUT2D eigenvalue weighted by molar-refractivity contribution is 5.04. The average molecular weight is 292 g/mol. The largest absolute Gasteiger partial charge is 0.393 e. The molecule has 2 N–H and O–H groups in total. The van der Waals surface area contributed by atoms with Crippen LogP contribution in [0.25, 0.3) is 0 Å². The predicted molar refractivity (Wildman–Crippen MR) is 65.9 cm³/mol. The first-order chi connectivity index (χ1) is 9.43. The summed E-state index contributed by atoms with van der Waals surface area (Å²) < 4.78 is 44.9. The fraction of sp³-hybridized carbons (Fsp3) is 0.833. The van der Waals surface area contributed by atoms with Gasteiger partial charge in [0.25, 0.3) is 0 Å². The van der Waals surface area contributed by atoms with Gasteiger partial charge in [0.1, 0.15) is 11.6 Å². The van der Waals surface area contributed by atoms with Crippen LogP contribution in [0.4, 0.5) is 13.2 Å². The van der Waals surface area contributed by atoms with Gasteiger partial charge in [-0.3, -0.25) is 0 Å². The van der Waals surface area contributed by atoms with Crippen LogP contribution >= 0.6 is 0 Å². The molecule has 114 valence electrons. The van der Waals surface area contributed by atoms with Gasteiger partial charge < -0.3 is 15.0 Å². The maximum atomic E-state index is 12.8. The normalized spacial score (nSPS) is 20.8. The van der Waals surface area contributed by atoms with E-state index in [1.807, 2.05) is 0 Å². The molecule has 20 heavy (non-hydrogen) atoms. The molecule has 2 atom stereocenters. The van der Waals surface area contributed by atoms with Gasteiger partial charge in [0, 0.05) is 26.7 Å². The number of hydrogen-bond donors (Lipinski definition) is 1. The highest BCUT2D eigenvalue weighted by atomic mass is 19.4. The molecule has 0 spiro atoms. The van der Waals surface area contributed by atoms with Gasteiger partial charge in [-0.1, -0.05) is 0 Å². The van der Waals surface area contributed by atoms with E-state index in [1.54, 1.807) is 11.7 Å². The Labute approximate surface area is 115 Å². The number of ether oxygens (including phenoxy) is 1. The number of nitrogens with zero attached hydrogens (tertiary/aromatic N) is 3. The van der Waals surface area contributed by atoms with Crippen LogP contribution in [0.1, 0.15) is 37.0 Å². The van der Waals surface area contributed by atoms with Crippen molar-refractivity contribution in [3.8, 4) is 0 Å². The number of aromatic nitrogens is 3. The van der Waals surface area contributed by atoms with Crippen LogP contribution in [0.2, 0.25) is 0 Å². The Kier molecular flexibility index (Phi) is 4.64. The number of methoxy groups -OCH3 is 1. The molecule has 8 heteroatoms. The number of alkyl halides is 3. The zero-order valence-corrected chi connectivity index (χ0v) is 11.4. The number of hydrogen-bond acceptors (Lipinski definition) is 4. The lowest BCUT2D eigenvalue weighted by Gasteiger charge is -2.27. The highest BCUT2D eigenvalue weighted by Gasteiger charge is 2.42. The number of aryl methyl sites for hydroxylation is 1. The quantitative estimate of drug-likeness (QED) is 0.841. The summed E-state index contributed by atoms with van der Waals surface area (Å²) in [6.45, 7) is 0.443. The summed E-state index contributed by atoms with van der Waals surface area (Å²) in [5.41, 5.74) is 6.00. The van der Waals surface area contributed by atoms with E-state index in [0.29, 0.717) is 31.1 Å². The van der Waals surface area contributed by atoms with E-state index < -0.39 is 18.1 Å². The zero-order chi connectivity index (χ0) is 14.8. The standard InChI is InChI=1S/C12H19F3N4O/c1-20-6-2-3-9(16)11-18-17-10-5-4-8(7-19(10)11)12(13,14)15/h8-9H,2-7,16H2,1H3. The van der Waals surface area contributed by atoms with E-state index in [0.717, 1.165) is 6.42 Å². The van der Waals surface area contributed by atoms with E-state index in [2.05, 4.69) is 10.2 Å². The minimum Gasteiger partial charge on any atom is -0.385 e. The molecule has 2 rings (SSSR count). The molecule has 0 bridgehead atoms. The topological polar surface area (TPSA) is 66.0 Å². The summed E-state index contributed by atoms with van der Waals surface area (Å²) in [6.07, 6.45) is -2.47. The lowest BCUT2D eigenvalue weighted by molar-refractivity contribution is -0.182. The van der Waals surface area contributed by atoms with Crippen LogP contribution < -0.4 is 5.73 Å². The second-order valence-corrected chi connectivity index (χ2v) is 5.10. The number of halogens is 3. The third kappa shape index (κ3) is 3.29. The molecule has 0 aromatic carbocycles. The van der Waals surface area contributed by atoms with Crippen molar-refractivity contribution in [3.63, 3.8) is 0 Å². The molecule has 0 fully saturated rings. The molecule has 1 aromatic heterocycles. The Morgan fingerprint density at radius 3 is 2.85 bits per heavy atom. The first-order valence-electron chi connectivity index (χ1n) is 6.66. The minimum atomic E-state index is -4.18. The predicted octanol–water partition coefficient (Wildman–Crippen LogP) is 1.83. The van der Waals surface area contributed by atoms with Gasteiger partial charge in [-0.05, 0) is 19.3 Å². The third-order valence-electron chi connectivity index (χ3n) is 3.63. The van der Waals surface area contributed by atoms with Crippen LogP contribution in [0.3, 0.4) is 0 Å². The Bertz CT molecular complexity index is 446. The fourth-order valence-corrected chi connectivity index (χ4v) is 2.47. The van der Waals surface area contributed by atoms with Crippen molar-refractivity contribution < 1.29 is 17.9 Å². The van der Waals surface area contributed by atoms with Gasteiger partial charge in [-0.25, -0.2) is 0 Å². The van der Waals surface area contributed by atoms with Crippen LogP contribution in [0.15, 0.2) is 0 Å².